The maximum absolute atomic E-state index is 12.7. The molecule has 0 aliphatic rings. The predicted octanol–water partition coefficient (Wildman–Crippen LogP) is 2.28. The third kappa shape index (κ3) is 1.46. The average molecular weight is 209 g/mol. The second-order valence-electron chi connectivity index (χ2n) is 2.92. The molecule has 0 fully saturated rings. The lowest BCUT2D eigenvalue weighted by Gasteiger charge is -1.99. The SMILES string of the molecule is Cn1c(-c2ccc(F)cc2)n[nH]c1=S. The molecule has 0 aliphatic carbocycles. The second-order valence-corrected chi connectivity index (χ2v) is 3.30. The van der Waals surface area contributed by atoms with Crippen LogP contribution >= 0.6 is 12.2 Å². The lowest BCUT2D eigenvalue weighted by Crippen LogP contribution is -1.92. The minimum atomic E-state index is -0.259. The van der Waals surface area contributed by atoms with Gasteiger partial charge in [0.1, 0.15) is 5.82 Å². The summed E-state index contributed by atoms with van der Waals surface area (Å²) in [5.74, 6) is 0.445. The van der Waals surface area contributed by atoms with Gasteiger partial charge in [0.25, 0.3) is 0 Å². The fraction of sp³-hybridized carbons (Fsp3) is 0.111. The molecule has 5 heteroatoms. The Morgan fingerprint density at radius 1 is 1.36 bits per heavy atom. The monoisotopic (exact) mass is 209 g/mol. The van der Waals surface area contributed by atoms with Crippen LogP contribution in [0.1, 0.15) is 0 Å². The standard InChI is InChI=1S/C9H8FN3S/c1-13-8(11-12-9(13)14)6-2-4-7(10)5-3-6/h2-5H,1H3,(H,12,14). The highest BCUT2D eigenvalue weighted by molar-refractivity contribution is 7.71. The third-order valence-electron chi connectivity index (χ3n) is 1.98. The first-order valence-corrected chi connectivity index (χ1v) is 4.46. The molecule has 0 unspecified atom stereocenters. The van der Waals surface area contributed by atoms with Gasteiger partial charge in [-0.1, -0.05) is 0 Å². The fourth-order valence-electron chi connectivity index (χ4n) is 1.20. The minimum Gasteiger partial charge on any atom is -0.303 e. The molecule has 1 aromatic carbocycles. The molecule has 0 bridgehead atoms. The van der Waals surface area contributed by atoms with E-state index in [0.29, 0.717) is 10.6 Å². The highest BCUT2D eigenvalue weighted by Crippen LogP contribution is 2.16. The Kier molecular flexibility index (Phi) is 2.17. The van der Waals surface area contributed by atoms with Crippen LogP contribution < -0.4 is 0 Å². The molecule has 0 saturated heterocycles. The molecule has 0 atom stereocenters. The quantitative estimate of drug-likeness (QED) is 0.731. The summed E-state index contributed by atoms with van der Waals surface area (Å²) in [6.07, 6.45) is 0. The Morgan fingerprint density at radius 3 is 2.50 bits per heavy atom. The van der Waals surface area contributed by atoms with Crippen LogP contribution in [0.2, 0.25) is 0 Å². The number of nitrogens with zero attached hydrogens (tertiary/aromatic N) is 2. The van der Waals surface area contributed by atoms with Gasteiger partial charge in [-0.25, -0.2) is 4.39 Å². The summed E-state index contributed by atoms with van der Waals surface area (Å²) in [5, 5.41) is 6.71. The first kappa shape index (κ1) is 9.08. The number of aromatic amines is 1. The van der Waals surface area contributed by atoms with Crippen molar-refractivity contribution in [2.24, 2.45) is 7.05 Å². The first-order valence-electron chi connectivity index (χ1n) is 4.06. The highest BCUT2D eigenvalue weighted by Gasteiger charge is 2.04. The van der Waals surface area contributed by atoms with E-state index in [0.717, 1.165) is 5.56 Å². The van der Waals surface area contributed by atoms with Gasteiger partial charge in [-0.2, -0.15) is 5.10 Å². The van der Waals surface area contributed by atoms with E-state index in [1.807, 2.05) is 7.05 Å². The molecule has 0 saturated carbocycles. The number of rotatable bonds is 1. The van der Waals surface area contributed by atoms with Crippen molar-refractivity contribution >= 4 is 12.2 Å². The zero-order valence-corrected chi connectivity index (χ0v) is 8.31. The summed E-state index contributed by atoms with van der Waals surface area (Å²) < 4.78 is 14.9. The Hall–Kier alpha value is -1.49. The normalized spacial score (nSPS) is 10.4. The van der Waals surface area contributed by atoms with E-state index in [-0.39, 0.29) is 5.82 Å². The summed E-state index contributed by atoms with van der Waals surface area (Å²) in [5.41, 5.74) is 0.834. The first-order chi connectivity index (χ1) is 6.68. The Balaban J connectivity index is 2.55. The topological polar surface area (TPSA) is 33.6 Å². The molecule has 72 valence electrons. The molecular weight excluding hydrogens is 201 g/mol. The zero-order chi connectivity index (χ0) is 10.1. The van der Waals surface area contributed by atoms with Gasteiger partial charge < -0.3 is 4.57 Å². The van der Waals surface area contributed by atoms with Gasteiger partial charge in [-0.15, -0.1) is 0 Å². The van der Waals surface area contributed by atoms with E-state index >= 15 is 0 Å². The van der Waals surface area contributed by atoms with Crippen molar-refractivity contribution in [3.63, 3.8) is 0 Å². The van der Waals surface area contributed by atoms with E-state index in [1.54, 1.807) is 16.7 Å². The second kappa shape index (κ2) is 3.34. The van der Waals surface area contributed by atoms with Crippen molar-refractivity contribution in [2.45, 2.75) is 0 Å². The van der Waals surface area contributed by atoms with Crippen molar-refractivity contribution in [3.8, 4) is 11.4 Å². The van der Waals surface area contributed by atoms with Crippen molar-refractivity contribution < 1.29 is 4.39 Å². The number of halogens is 1. The van der Waals surface area contributed by atoms with Gasteiger partial charge in [0.05, 0.1) is 0 Å². The maximum atomic E-state index is 12.7. The molecule has 2 aromatic rings. The highest BCUT2D eigenvalue weighted by atomic mass is 32.1. The van der Waals surface area contributed by atoms with E-state index in [1.165, 1.54) is 12.1 Å². The van der Waals surface area contributed by atoms with Gasteiger partial charge in [-0.05, 0) is 36.5 Å². The van der Waals surface area contributed by atoms with Crippen LogP contribution in [0, 0.1) is 10.6 Å². The summed E-state index contributed by atoms with van der Waals surface area (Å²) >= 11 is 4.97. The largest absolute Gasteiger partial charge is 0.303 e. The van der Waals surface area contributed by atoms with Crippen LogP contribution in [0.15, 0.2) is 24.3 Å². The van der Waals surface area contributed by atoms with Crippen LogP contribution in [0.25, 0.3) is 11.4 Å². The molecule has 1 heterocycles. The van der Waals surface area contributed by atoms with Gasteiger partial charge >= 0.3 is 0 Å². The molecule has 1 N–H and O–H groups in total. The average Bonchev–Trinajstić information content (AvgIpc) is 2.50. The third-order valence-corrected chi connectivity index (χ3v) is 2.35. The summed E-state index contributed by atoms with van der Waals surface area (Å²) in [7, 11) is 1.81. The Morgan fingerprint density at radius 2 is 2.00 bits per heavy atom. The number of H-pyrrole nitrogens is 1. The van der Waals surface area contributed by atoms with Crippen LogP contribution in [0.3, 0.4) is 0 Å². The lowest BCUT2D eigenvalue weighted by molar-refractivity contribution is 0.628. The maximum Gasteiger partial charge on any atom is 0.195 e. The van der Waals surface area contributed by atoms with E-state index < -0.39 is 0 Å². The lowest BCUT2D eigenvalue weighted by atomic mass is 10.2. The Labute approximate surface area is 85.2 Å². The predicted molar refractivity (Wildman–Crippen MR) is 53.8 cm³/mol. The smallest absolute Gasteiger partial charge is 0.195 e. The Bertz CT molecular complexity index is 498. The molecule has 0 amide bonds. The van der Waals surface area contributed by atoms with E-state index in [9.17, 15) is 4.39 Å². The van der Waals surface area contributed by atoms with Crippen LogP contribution in [0.5, 0.6) is 0 Å². The molecule has 0 radical (unpaired) electrons. The van der Waals surface area contributed by atoms with Crippen LogP contribution in [0.4, 0.5) is 4.39 Å². The summed E-state index contributed by atoms with van der Waals surface area (Å²) in [6.45, 7) is 0. The van der Waals surface area contributed by atoms with Gasteiger partial charge in [0, 0.05) is 12.6 Å². The minimum absolute atomic E-state index is 0.259. The molecular formula is C9H8FN3S. The summed E-state index contributed by atoms with van der Waals surface area (Å²) in [4.78, 5) is 0. The number of hydrogen-bond acceptors (Lipinski definition) is 2. The van der Waals surface area contributed by atoms with Crippen molar-refractivity contribution in [2.75, 3.05) is 0 Å². The number of nitrogens with one attached hydrogen (secondary N) is 1. The number of hydrogen-bond donors (Lipinski definition) is 1. The van der Waals surface area contributed by atoms with Crippen molar-refractivity contribution in [3.05, 3.63) is 34.9 Å². The van der Waals surface area contributed by atoms with E-state index in [4.69, 9.17) is 12.2 Å². The van der Waals surface area contributed by atoms with Crippen molar-refractivity contribution in [1.29, 1.82) is 0 Å². The van der Waals surface area contributed by atoms with Gasteiger partial charge in [-0.3, -0.25) is 5.10 Å². The fourth-order valence-corrected chi connectivity index (χ4v) is 1.34. The number of aromatic nitrogens is 3. The molecule has 14 heavy (non-hydrogen) atoms. The molecule has 0 spiro atoms. The van der Waals surface area contributed by atoms with Crippen LogP contribution in [-0.4, -0.2) is 14.8 Å². The van der Waals surface area contributed by atoms with E-state index in [2.05, 4.69) is 10.2 Å². The van der Waals surface area contributed by atoms with Gasteiger partial charge in [0.2, 0.25) is 0 Å². The van der Waals surface area contributed by atoms with Crippen LogP contribution in [-0.2, 0) is 7.05 Å². The summed E-state index contributed by atoms with van der Waals surface area (Å²) in [6, 6.07) is 6.13. The zero-order valence-electron chi connectivity index (χ0n) is 7.49. The molecule has 0 aliphatic heterocycles. The van der Waals surface area contributed by atoms with Crippen molar-refractivity contribution in [1.82, 2.24) is 14.8 Å². The molecule has 1 aromatic heterocycles. The molecule has 2 rings (SSSR count). The van der Waals surface area contributed by atoms with Gasteiger partial charge in [0.15, 0.2) is 10.6 Å². The number of benzene rings is 1. The molecule has 3 nitrogen and oxygen atoms in total.